The second-order valence-corrected chi connectivity index (χ2v) is 6.40. The number of benzene rings is 2. The first-order valence-corrected chi connectivity index (χ1v) is 8.65. The molecule has 3 rings (SSSR count). The van der Waals surface area contributed by atoms with Crippen molar-refractivity contribution in [3.63, 3.8) is 0 Å². The molecular weight excluding hydrogens is 338 g/mol. The van der Waals surface area contributed by atoms with Gasteiger partial charge in [-0.05, 0) is 35.4 Å². The molecule has 25 heavy (non-hydrogen) atoms. The third-order valence-corrected chi connectivity index (χ3v) is 4.64. The zero-order chi connectivity index (χ0) is 17.6. The SMILES string of the molecule is COc1cc(/C=N\N2CCN(Cc3ccccc3Cl)CC2)ccc1O. The first-order chi connectivity index (χ1) is 12.2. The van der Waals surface area contributed by atoms with Gasteiger partial charge in [0.2, 0.25) is 0 Å². The van der Waals surface area contributed by atoms with Crippen LogP contribution in [0.4, 0.5) is 0 Å². The third-order valence-electron chi connectivity index (χ3n) is 4.27. The van der Waals surface area contributed by atoms with Crippen LogP contribution in [0, 0.1) is 0 Å². The Bertz CT molecular complexity index is 743. The number of phenols is 1. The topological polar surface area (TPSA) is 48.3 Å². The normalized spacial score (nSPS) is 15.7. The Labute approximate surface area is 153 Å². The van der Waals surface area contributed by atoms with Crippen molar-refractivity contribution in [1.82, 2.24) is 9.91 Å². The maximum atomic E-state index is 9.63. The Balaban J connectivity index is 1.53. The Morgan fingerprint density at radius 2 is 1.92 bits per heavy atom. The second kappa shape index (κ2) is 8.23. The van der Waals surface area contributed by atoms with Gasteiger partial charge in [-0.3, -0.25) is 9.91 Å². The Hall–Kier alpha value is -2.24. The standard InChI is InChI=1S/C19H22ClN3O2/c1-25-19-12-15(6-7-18(19)24)13-21-23-10-8-22(9-11-23)14-16-4-2-3-5-17(16)20/h2-7,12-13,24H,8-11,14H2,1H3/b21-13-. The van der Waals surface area contributed by atoms with Crippen molar-refractivity contribution in [2.24, 2.45) is 5.10 Å². The highest BCUT2D eigenvalue weighted by Gasteiger charge is 2.16. The second-order valence-electron chi connectivity index (χ2n) is 6.00. The van der Waals surface area contributed by atoms with E-state index in [4.69, 9.17) is 16.3 Å². The summed E-state index contributed by atoms with van der Waals surface area (Å²) >= 11 is 6.24. The monoisotopic (exact) mass is 359 g/mol. The van der Waals surface area contributed by atoms with Gasteiger partial charge < -0.3 is 9.84 Å². The molecule has 6 heteroatoms. The lowest BCUT2D eigenvalue weighted by molar-refractivity contribution is 0.131. The maximum Gasteiger partial charge on any atom is 0.161 e. The summed E-state index contributed by atoms with van der Waals surface area (Å²) in [4.78, 5) is 2.39. The summed E-state index contributed by atoms with van der Waals surface area (Å²) in [6.07, 6.45) is 1.80. The van der Waals surface area contributed by atoms with Crippen molar-refractivity contribution in [1.29, 1.82) is 0 Å². The van der Waals surface area contributed by atoms with E-state index in [1.54, 1.807) is 18.3 Å². The number of hydrogen-bond donors (Lipinski definition) is 1. The molecule has 0 bridgehead atoms. The van der Waals surface area contributed by atoms with Crippen molar-refractivity contribution in [3.8, 4) is 11.5 Å². The fraction of sp³-hybridized carbons (Fsp3) is 0.316. The highest BCUT2D eigenvalue weighted by Crippen LogP contribution is 2.25. The predicted octanol–water partition coefficient (Wildman–Crippen LogP) is 3.21. The van der Waals surface area contributed by atoms with Crippen molar-refractivity contribution in [3.05, 3.63) is 58.6 Å². The van der Waals surface area contributed by atoms with Crippen LogP contribution < -0.4 is 4.74 Å². The molecule has 2 aromatic rings. The smallest absolute Gasteiger partial charge is 0.161 e. The number of aromatic hydroxyl groups is 1. The molecule has 0 spiro atoms. The van der Waals surface area contributed by atoms with Gasteiger partial charge in [0.15, 0.2) is 11.5 Å². The van der Waals surface area contributed by atoms with E-state index < -0.39 is 0 Å². The lowest BCUT2D eigenvalue weighted by atomic mass is 10.2. The van der Waals surface area contributed by atoms with Gasteiger partial charge in [0.1, 0.15) is 0 Å². The molecule has 0 saturated carbocycles. The fourth-order valence-corrected chi connectivity index (χ4v) is 3.00. The van der Waals surface area contributed by atoms with Crippen LogP contribution in [0.2, 0.25) is 5.02 Å². The van der Waals surface area contributed by atoms with Crippen LogP contribution in [0.3, 0.4) is 0 Å². The van der Waals surface area contributed by atoms with Gasteiger partial charge in [0.25, 0.3) is 0 Å². The van der Waals surface area contributed by atoms with E-state index in [-0.39, 0.29) is 5.75 Å². The molecule has 1 aliphatic heterocycles. The van der Waals surface area contributed by atoms with Crippen LogP contribution in [0.25, 0.3) is 0 Å². The number of rotatable bonds is 5. The molecule has 1 fully saturated rings. The van der Waals surface area contributed by atoms with E-state index in [1.807, 2.05) is 24.3 Å². The summed E-state index contributed by atoms with van der Waals surface area (Å²) in [7, 11) is 1.54. The molecule has 0 aliphatic carbocycles. The number of nitrogens with zero attached hydrogens (tertiary/aromatic N) is 3. The molecule has 0 amide bonds. The highest BCUT2D eigenvalue weighted by atomic mass is 35.5. The van der Waals surface area contributed by atoms with Crippen LogP contribution in [0.5, 0.6) is 11.5 Å². The van der Waals surface area contributed by atoms with Gasteiger partial charge in [0.05, 0.1) is 13.3 Å². The molecule has 1 N–H and O–H groups in total. The summed E-state index contributed by atoms with van der Waals surface area (Å²) in [5, 5.41) is 17.0. The quantitative estimate of drug-likeness (QED) is 0.833. The molecular formula is C19H22ClN3O2. The molecule has 1 aliphatic rings. The summed E-state index contributed by atoms with van der Waals surface area (Å²) < 4.78 is 5.12. The molecule has 0 unspecified atom stereocenters. The summed E-state index contributed by atoms with van der Waals surface area (Å²) in [5.41, 5.74) is 2.06. The van der Waals surface area contributed by atoms with Crippen LogP contribution in [-0.4, -0.2) is 54.5 Å². The average molecular weight is 360 g/mol. The van der Waals surface area contributed by atoms with E-state index in [2.05, 4.69) is 21.1 Å². The number of hydrazone groups is 1. The number of ether oxygens (including phenoxy) is 1. The van der Waals surface area contributed by atoms with Crippen LogP contribution >= 0.6 is 11.6 Å². The summed E-state index contributed by atoms with van der Waals surface area (Å²) in [5.74, 6) is 0.585. The Morgan fingerprint density at radius 3 is 2.64 bits per heavy atom. The molecule has 2 aromatic carbocycles. The lowest BCUT2D eigenvalue weighted by Gasteiger charge is -2.33. The van der Waals surface area contributed by atoms with Gasteiger partial charge in [-0.15, -0.1) is 0 Å². The van der Waals surface area contributed by atoms with E-state index >= 15 is 0 Å². The number of piperazine rings is 1. The molecule has 0 radical (unpaired) electrons. The largest absolute Gasteiger partial charge is 0.504 e. The van der Waals surface area contributed by atoms with Gasteiger partial charge in [0, 0.05) is 37.7 Å². The number of halogens is 1. The fourth-order valence-electron chi connectivity index (χ4n) is 2.80. The summed E-state index contributed by atoms with van der Waals surface area (Å²) in [6.45, 7) is 4.50. The molecule has 1 heterocycles. The van der Waals surface area contributed by atoms with Crippen molar-refractivity contribution in [2.75, 3.05) is 33.3 Å². The zero-order valence-electron chi connectivity index (χ0n) is 14.2. The Morgan fingerprint density at radius 1 is 1.16 bits per heavy atom. The minimum absolute atomic E-state index is 0.132. The molecule has 0 atom stereocenters. The third kappa shape index (κ3) is 4.65. The van der Waals surface area contributed by atoms with E-state index in [1.165, 1.54) is 7.11 Å². The molecule has 0 aromatic heterocycles. The van der Waals surface area contributed by atoms with Gasteiger partial charge in [-0.25, -0.2) is 0 Å². The van der Waals surface area contributed by atoms with Gasteiger partial charge >= 0.3 is 0 Å². The van der Waals surface area contributed by atoms with Crippen molar-refractivity contribution >= 4 is 17.8 Å². The number of hydrogen-bond acceptors (Lipinski definition) is 5. The first-order valence-electron chi connectivity index (χ1n) is 8.27. The van der Waals surface area contributed by atoms with Gasteiger partial charge in [-0.2, -0.15) is 5.10 Å². The summed E-state index contributed by atoms with van der Waals surface area (Å²) in [6, 6.07) is 13.2. The zero-order valence-corrected chi connectivity index (χ0v) is 15.0. The van der Waals surface area contributed by atoms with Crippen LogP contribution in [0.15, 0.2) is 47.6 Å². The molecule has 132 valence electrons. The van der Waals surface area contributed by atoms with Crippen molar-refractivity contribution < 1.29 is 9.84 Å². The predicted molar refractivity (Wildman–Crippen MR) is 101 cm³/mol. The van der Waals surface area contributed by atoms with Crippen molar-refractivity contribution in [2.45, 2.75) is 6.54 Å². The average Bonchev–Trinajstić information content (AvgIpc) is 2.64. The molecule has 1 saturated heterocycles. The van der Waals surface area contributed by atoms with Crippen LogP contribution in [-0.2, 0) is 6.54 Å². The van der Waals surface area contributed by atoms with Gasteiger partial charge in [-0.1, -0.05) is 29.8 Å². The van der Waals surface area contributed by atoms with E-state index in [0.717, 1.165) is 48.9 Å². The lowest BCUT2D eigenvalue weighted by Crippen LogP contribution is -2.43. The minimum Gasteiger partial charge on any atom is -0.504 e. The highest BCUT2D eigenvalue weighted by molar-refractivity contribution is 6.31. The molecule has 5 nitrogen and oxygen atoms in total. The van der Waals surface area contributed by atoms with E-state index in [0.29, 0.717) is 5.75 Å². The van der Waals surface area contributed by atoms with E-state index in [9.17, 15) is 5.11 Å². The Kier molecular flexibility index (Phi) is 5.79. The number of phenolic OH excluding ortho intramolecular Hbond substituents is 1. The van der Waals surface area contributed by atoms with Crippen LogP contribution in [0.1, 0.15) is 11.1 Å². The number of methoxy groups -OCH3 is 1. The minimum atomic E-state index is 0.132. The maximum absolute atomic E-state index is 9.63. The first kappa shape index (κ1) is 17.6.